The normalized spacial score (nSPS) is 12.3. The Morgan fingerprint density at radius 2 is 1.94 bits per heavy atom. The molecule has 0 aromatic heterocycles. The van der Waals surface area contributed by atoms with Gasteiger partial charge in [0.25, 0.3) is 0 Å². The maximum Gasteiger partial charge on any atom is 0.237 e. The van der Waals surface area contributed by atoms with E-state index in [1.807, 2.05) is 6.92 Å². The summed E-state index contributed by atoms with van der Waals surface area (Å²) in [6, 6.07) is 3.03. The number of halogens is 1. The standard InChI is InChI=1S/C14H21FN2O/c1-4-5-12(16)14(18)17-8-11-6-9(2)13(15)10(3)7-11/h6-7,12H,4-5,8,16H2,1-3H3,(H,17,18). The highest BCUT2D eigenvalue weighted by Crippen LogP contribution is 2.14. The maximum absolute atomic E-state index is 13.4. The smallest absolute Gasteiger partial charge is 0.237 e. The van der Waals surface area contributed by atoms with Crippen molar-refractivity contribution in [3.63, 3.8) is 0 Å². The molecule has 0 aliphatic rings. The maximum atomic E-state index is 13.4. The summed E-state index contributed by atoms with van der Waals surface area (Å²) in [6.45, 7) is 5.81. The van der Waals surface area contributed by atoms with Gasteiger partial charge >= 0.3 is 0 Å². The first kappa shape index (κ1) is 14.6. The quantitative estimate of drug-likeness (QED) is 0.844. The van der Waals surface area contributed by atoms with Gasteiger partial charge in [-0.3, -0.25) is 4.79 Å². The van der Waals surface area contributed by atoms with Crippen molar-refractivity contribution in [2.75, 3.05) is 0 Å². The average Bonchev–Trinajstić information content (AvgIpc) is 2.33. The molecule has 3 nitrogen and oxygen atoms in total. The van der Waals surface area contributed by atoms with E-state index in [1.165, 1.54) is 0 Å². The van der Waals surface area contributed by atoms with Crippen LogP contribution < -0.4 is 11.1 Å². The molecule has 0 fully saturated rings. The molecule has 18 heavy (non-hydrogen) atoms. The number of amides is 1. The molecule has 1 aromatic rings. The van der Waals surface area contributed by atoms with E-state index in [1.54, 1.807) is 26.0 Å². The lowest BCUT2D eigenvalue weighted by Crippen LogP contribution is -2.40. The predicted molar refractivity (Wildman–Crippen MR) is 70.6 cm³/mol. The molecule has 100 valence electrons. The minimum atomic E-state index is -0.461. The molecule has 0 spiro atoms. The fourth-order valence-electron chi connectivity index (χ4n) is 1.90. The summed E-state index contributed by atoms with van der Waals surface area (Å²) in [6.07, 6.45) is 1.55. The van der Waals surface area contributed by atoms with Gasteiger partial charge in [-0.15, -0.1) is 0 Å². The van der Waals surface area contributed by atoms with Crippen LogP contribution in [0.5, 0.6) is 0 Å². The summed E-state index contributed by atoms with van der Waals surface area (Å²) >= 11 is 0. The molecule has 1 atom stereocenters. The molecule has 1 amide bonds. The van der Waals surface area contributed by atoms with E-state index in [2.05, 4.69) is 5.32 Å². The summed E-state index contributed by atoms with van der Waals surface area (Å²) in [4.78, 5) is 11.6. The number of carbonyl (C=O) groups excluding carboxylic acids is 1. The zero-order valence-electron chi connectivity index (χ0n) is 11.2. The van der Waals surface area contributed by atoms with Gasteiger partial charge in [0.05, 0.1) is 6.04 Å². The van der Waals surface area contributed by atoms with Crippen molar-refractivity contribution in [2.24, 2.45) is 5.73 Å². The Morgan fingerprint density at radius 1 is 1.39 bits per heavy atom. The Kier molecular flexibility index (Phi) is 5.28. The summed E-state index contributed by atoms with van der Waals surface area (Å²) in [5.41, 5.74) is 7.78. The summed E-state index contributed by atoms with van der Waals surface area (Å²) in [7, 11) is 0. The van der Waals surface area contributed by atoms with Crippen molar-refractivity contribution < 1.29 is 9.18 Å². The van der Waals surface area contributed by atoms with Gasteiger partial charge in [0.1, 0.15) is 5.82 Å². The van der Waals surface area contributed by atoms with Crippen LogP contribution in [0.3, 0.4) is 0 Å². The lowest BCUT2D eigenvalue weighted by Gasteiger charge is -2.12. The Hall–Kier alpha value is -1.42. The first-order valence-electron chi connectivity index (χ1n) is 6.24. The van der Waals surface area contributed by atoms with Gasteiger partial charge in [0, 0.05) is 6.54 Å². The Labute approximate surface area is 108 Å². The second-order valence-corrected chi connectivity index (χ2v) is 4.66. The van der Waals surface area contributed by atoms with Crippen molar-refractivity contribution in [2.45, 2.75) is 46.2 Å². The van der Waals surface area contributed by atoms with E-state index >= 15 is 0 Å². The third kappa shape index (κ3) is 3.81. The van der Waals surface area contributed by atoms with E-state index in [4.69, 9.17) is 5.73 Å². The van der Waals surface area contributed by atoms with Gasteiger partial charge in [-0.2, -0.15) is 0 Å². The number of nitrogens with one attached hydrogen (secondary N) is 1. The molecular formula is C14H21FN2O. The highest BCUT2D eigenvalue weighted by molar-refractivity contribution is 5.81. The van der Waals surface area contributed by atoms with Crippen LogP contribution >= 0.6 is 0 Å². The third-order valence-electron chi connectivity index (χ3n) is 2.90. The summed E-state index contributed by atoms with van der Waals surface area (Å²) in [5.74, 6) is -0.343. The monoisotopic (exact) mass is 252 g/mol. The second-order valence-electron chi connectivity index (χ2n) is 4.66. The van der Waals surface area contributed by atoms with E-state index in [0.29, 0.717) is 24.1 Å². The molecule has 1 rings (SSSR count). The van der Waals surface area contributed by atoms with E-state index in [0.717, 1.165) is 12.0 Å². The van der Waals surface area contributed by atoms with Gasteiger partial charge in [0.2, 0.25) is 5.91 Å². The molecule has 0 heterocycles. The Balaban J connectivity index is 2.61. The first-order valence-corrected chi connectivity index (χ1v) is 6.24. The number of rotatable bonds is 5. The zero-order valence-corrected chi connectivity index (χ0v) is 11.2. The molecule has 0 radical (unpaired) electrons. The minimum Gasteiger partial charge on any atom is -0.351 e. The van der Waals surface area contributed by atoms with Crippen LogP contribution in [0, 0.1) is 19.7 Å². The fraction of sp³-hybridized carbons (Fsp3) is 0.500. The fourth-order valence-corrected chi connectivity index (χ4v) is 1.90. The molecule has 0 aliphatic carbocycles. The number of benzene rings is 1. The van der Waals surface area contributed by atoms with Crippen LogP contribution in [0.25, 0.3) is 0 Å². The molecule has 1 aromatic carbocycles. The van der Waals surface area contributed by atoms with Gasteiger partial charge in [-0.1, -0.05) is 25.5 Å². The third-order valence-corrected chi connectivity index (χ3v) is 2.90. The number of aryl methyl sites for hydroxylation is 2. The molecule has 0 bridgehead atoms. The van der Waals surface area contributed by atoms with Crippen molar-refractivity contribution in [3.05, 3.63) is 34.6 Å². The van der Waals surface area contributed by atoms with Crippen molar-refractivity contribution >= 4 is 5.91 Å². The largest absolute Gasteiger partial charge is 0.351 e. The van der Waals surface area contributed by atoms with E-state index in [9.17, 15) is 9.18 Å². The van der Waals surface area contributed by atoms with Crippen molar-refractivity contribution in [3.8, 4) is 0 Å². The van der Waals surface area contributed by atoms with Crippen LogP contribution in [0.15, 0.2) is 12.1 Å². The second kappa shape index (κ2) is 6.50. The lowest BCUT2D eigenvalue weighted by atomic mass is 10.1. The van der Waals surface area contributed by atoms with Gasteiger partial charge in [0.15, 0.2) is 0 Å². The molecular weight excluding hydrogens is 231 g/mol. The molecule has 0 saturated carbocycles. The number of carbonyl (C=O) groups is 1. The number of hydrogen-bond acceptors (Lipinski definition) is 2. The molecule has 3 N–H and O–H groups in total. The van der Waals surface area contributed by atoms with Crippen molar-refractivity contribution in [1.82, 2.24) is 5.32 Å². The molecule has 0 aliphatic heterocycles. The van der Waals surface area contributed by atoms with Gasteiger partial charge in [-0.25, -0.2) is 4.39 Å². The summed E-state index contributed by atoms with van der Waals surface area (Å²) in [5, 5.41) is 2.77. The van der Waals surface area contributed by atoms with E-state index in [-0.39, 0.29) is 11.7 Å². The highest BCUT2D eigenvalue weighted by Gasteiger charge is 2.12. The number of hydrogen-bond donors (Lipinski definition) is 2. The molecule has 1 unspecified atom stereocenters. The minimum absolute atomic E-state index is 0.156. The Morgan fingerprint density at radius 3 is 2.44 bits per heavy atom. The van der Waals surface area contributed by atoms with E-state index < -0.39 is 6.04 Å². The predicted octanol–water partition coefficient (Wildman–Crippen LogP) is 2.19. The molecule has 4 heteroatoms. The van der Waals surface area contributed by atoms with Crippen LogP contribution in [-0.2, 0) is 11.3 Å². The molecule has 0 saturated heterocycles. The SMILES string of the molecule is CCCC(N)C(=O)NCc1cc(C)c(F)c(C)c1. The van der Waals surface area contributed by atoms with Crippen molar-refractivity contribution in [1.29, 1.82) is 0 Å². The Bertz CT molecular complexity index is 409. The summed E-state index contributed by atoms with van der Waals surface area (Å²) < 4.78 is 13.4. The van der Waals surface area contributed by atoms with Crippen LogP contribution in [0.2, 0.25) is 0 Å². The zero-order chi connectivity index (χ0) is 13.7. The van der Waals surface area contributed by atoms with Crippen LogP contribution in [0.4, 0.5) is 4.39 Å². The van der Waals surface area contributed by atoms with Crippen LogP contribution in [0.1, 0.15) is 36.5 Å². The topological polar surface area (TPSA) is 55.1 Å². The van der Waals surface area contributed by atoms with Gasteiger partial charge in [-0.05, 0) is 37.0 Å². The lowest BCUT2D eigenvalue weighted by molar-refractivity contribution is -0.122. The van der Waals surface area contributed by atoms with Crippen LogP contribution in [-0.4, -0.2) is 11.9 Å². The van der Waals surface area contributed by atoms with Gasteiger partial charge < -0.3 is 11.1 Å². The average molecular weight is 252 g/mol. The first-order chi connectivity index (χ1) is 8.45. The highest BCUT2D eigenvalue weighted by atomic mass is 19.1. The number of nitrogens with two attached hydrogens (primary N) is 1.